The van der Waals surface area contributed by atoms with Gasteiger partial charge in [-0.3, -0.25) is 4.79 Å². The highest BCUT2D eigenvalue weighted by atomic mass is 16.5. The highest BCUT2D eigenvalue weighted by Crippen LogP contribution is 2.32. The number of para-hydroxylation sites is 1. The van der Waals surface area contributed by atoms with Crippen LogP contribution >= 0.6 is 0 Å². The number of pyridine rings is 1. The topological polar surface area (TPSA) is 71.4 Å². The maximum Gasteiger partial charge on any atom is 0.242 e. The molecule has 0 radical (unpaired) electrons. The maximum atomic E-state index is 12.5. The Balaban J connectivity index is 1.38. The number of amides is 1. The minimum absolute atomic E-state index is 0.0666. The first kappa shape index (κ1) is 20.3. The monoisotopic (exact) mass is 429 g/mol. The number of ether oxygens (including phenoxy) is 1. The molecule has 0 atom stereocenters. The number of anilines is 3. The molecule has 1 aliphatic rings. The fourth-order valence-electron chi connectivity index (χ4n) is 4.35. The van der Waals surface area contributed by atoms with Crippen molar-refractivity contribution in [1.82, 2.24) is 14.5 Å². The number of aromatic nitrogens is 2. The van der Waals surface area contributed by atoms with Crippen molar-refractivity contribution in [2.75, 3.05) is 43.5 Å². The van der Waals surface area contributed by atoms with E-state index in [1.165, 1.54) is 21.8 Å². The van der Waals surface area contributed by atoms with Gasteiger partial charge in [-0.15, -0.1) is 0 Å². The molecule has 0 bridgehead atoms. The van der Waals surface area contributed by atoms with Crippen molar-refractivity contribution in [3.63, 3.8) is 0 Å². The predicted octanol–water partition coefficient (Wildman–Crippen LogP) is 4.22. The molecule has 1 fully saturated rings. The molecule has 2 aromatic heterocycles. The normalized spacial score (nSPS) is 14.1. The van der Waals surface area contributed by atoms with E-state index in [0.29, 0.717) is 32.1 Å². The lowest BCUT2D eigenvalue weighted by Crippen LogP contribution is -2.43. The van der Waals surface area contributed by atoms with Crippen molar-refractivity contribution in [2.45, 2.75) is 13.5 Å². The van der Waals surface area contributed by atoms with Gasteiger partial charge in [-0.2, -0.15) is 0 Å². The van der Waals surface area contributed by atoms with E-state index in [1.54, 1.807) is 6.20 Å². The Kier molecular flexibility index (Phi) is 5.64. The highest BCUT2D eigenvalue weighted by Gasteiger charge is 2.17. The molecule has 0 spiro atoms. The molecule has 0 saturated carbocycles. The van der Waals surface area contributed by atoms with Gasteiger partial charge in [0.2, 0.25) is 5.91 Å². The number of rotatable bonds is 6. The molecule has 0 aliphatic carbocycles. The van der Waals surface area contributed by atoms with Gasteiger partial charge in [0.05, 0.1) is 25.4 Å². The van der Waals surface area contributed by atoms with Gasteiger partial charge in [-0.1, -0.05) is 18.2 Å². The van der Waals surface area contributed by atoms with Gasteiger partial charge in [0.1, 0.15) is 0 Å². The maximum absolute atomic E-state index is 12.5. The number of morpholine rings is 1. The molecule has 2 aromatic carbocycles. The molecule has 1 amide bonds. The summed E-state index contributed by atoms with van der Waals surface area (Å²) >= 11 is 0. The van der Waals surface area contributed by atoms with Gasteiger partial charge in [0.15, 0.2) is 5.82 Å². The van der Waals surface area contributed by atoms with Gasteiger partial charge >= 0.3 is 0 Å². The van der Waals surface area contributed by atoms with Gasteiger partial charge in [-0.05, 0) is 43.3 Å². The second-order valence-corrected chi connectivity index (χ2v) is 7.86. The van der Waals surface area contributed by atoms with E-state index in [1.807, 2.05) is 17.0 Å². The number of nitrogens with zero attached hydrogens (tertiary/aromatic N) is 3. The fourth-order valence-corrected chi connectivity index (χ4v) is 4.35. The first-order chi connectivity index (χ1) is 15.7. The molecule has 5 rings (SSSR count). The van der Waals surface area contributed by atoms with Crippen molar-refractivity contribution in [1.29, 1.82) is 0 Å². The molecule has 0 unspecified atom stereocenters. The molecule has 32 heavy (non-hydrogen) atoms. The largest absolute Gasteiger partial charge is 0.378 e. The molecule has 7 heteroatoms. The third kappa shape index (κ3) is 3.87. The summed E-state index contributed by atoms with van der Waals surface area (Å²) in [5.41, 5.74) is 4.21. The lowest BCUT2D eigenvalue weighted by Gasteiger charge is -2.27. The highest BCUT2D eigenvalue weighted by molar-refractivity contribution is 6.09. The lowest BCUT2D eigenvalue weighted by atomic mass is 10.1. The SMILES string of the molecule is CCn1c2ccccc2c2cc(Nc3ncccc3NCC(=O)N3CCOCC3)ccc21. The Labute approximate surface area is 187 Å². The van der Waals surface area contributed by atoms with Crippen LogP contribution in [0.1, 0.15) is 6.92 Å². The Hall–Kier alpha value is -3.58. The van der Waals surface area contributed by atoms with Crippen LogP contribution in [0.2, 0.25) is 0 Å². The number of hydrogen-bond acceptors (Lipinski definition) is 5. The molecular formula is C25H27N5O2. The van der Waals surface area contributed by atoms with Crippen LogP contribution in [0.25, 0.3) is 21.8 Å². The summed E-state index contributed by atoms with van der Waals surface area (Å²) < 4.78 is 7.66. The minimum atomic E-state index is 0.0666. The number of carbonyl (C=O) groups is 1. The predicted molar refractivity (Wildman–Crippen MR) is 129 cm³/mol. The zero-order chi connectivity index (χ0) is 21.9. The van der Waals surface area contributed by atoms with E-state index in [4.69, 9.17) is 4.74 Å². The smallest absolute Gasteiger partial charge is 0.242 e. The average Bonchev–Trinajstić information content (AvgIpc) is 3.17. The Morgan fingerprint density at radius 2 is 1.84 bits per heavy atom. The van der Waals surface area contributed by atoms with Crippen LogP contribution < -0.4 is 10.6 Å². The first-order valence-corrected chi connectivity index (χ1v) is 11.1. The Bertz CT molecular complexity index is 1260. The summed E-state index contributed by atoms with van der Waals surface area (Å²) in [6, 6.07) is 18.7. The van der Waals surface area contributed by atoms with Crippen LogP contribution in [0.15, 0.2) is 60.8 Å². The zero-order valence-electron chi connectivity index (χ0n) is 18.2. The van der Waals surface area contributed by atoms with E-state index in [-0.39, 0.29) is 12.5 Å². The standard InChI is InChI=1S/C25H27N5O2/c1-2-30-22-8-4-3-6-19(22)20-16-18(9-10-23(20)30)28-25-21(7-5-11-26-25)27-17-24(31)29-12-14-32-15-13-29/h3-11,16,27H,2,12-15,17H2,1H3,(H,26,28). The molecule has 2 N–H and O–H groups in total. The van der Waals surface area contributed by atoms with Gasteiger partial charge in [0.25, 0.3) is 0 Å². The van der Waals surface area contributed by atoms with E-state index >= 15 is 0 Å². The molecule has 4 aromatic rings. The first-order valence-electron chi connectivity index (χ1n) is 11.1. The van der Waals surface area contributed by atoms with Gasteiger partial charge in [-0.25, -0.2) is 4.98 Å². The molecular weight excluding hydrogens is 402 g/mol. The van der Waals surface area contributed by atoms with E-state index in [0.717, 1.165) is 17.9 Å². The van der Waals surface area contributed by atoms with Crippen molar-refractivity contribution >= 4 is 44.9 Å². The number of benzene rings is 2. The third-order valence-electron chi connectivity index (χ3n) is 5.95. The summed E-state index contributed by atoms with van der Waals surface area (Å²) in [6.07, 6.45) is 1.75. The molecule has 3 heterocycles. The summed E-state index contributed by atoms with van der Waals surface area (Å²) in [4.78, 5) is 18.8. The summed E-state index contributed by atoms with van der Waals surface area (Å²) in [5, 5.41) is 9.13. The quantitative estimate of drug-likeness (QED) is 0.480. The van der Waals surface area contributed by atoms with Crippen LogP contribution in [-0.4, -0.2) is 53.2 Å². The van der Waals surface area contributed by atoms with E-state index in [9.17, 15) is 4.79 Å². The van der Waals surface area contributed by atoms with E-state index in [2.05, 4.69) is 69.6 Å². The number of aryl methyl sites for hydroxylation is 1. The Morgan fingerprint density at radius 3 is 2.69 bits per heavy atom. The molecule has 1 saturated heterocycles. The van der Waals surface area contributed by atoms with Crippen molar-refractivity contribution in [3.05, 3.63) is 60.8 Å². The number of fused-ring (bicyclic) bond motifs is 3. The van der Waals surface area contributed by atoms with Crippen LogP contribution in [0.3, 0.4) is 0 Å². The summed E-state index contributed by atoms with van der Waals surface area (Å²) in [7, 11) is 0. The second-order valence-electron chi connectivity index (χ2n) is 7.86. The van der Waals surface area contributed by atoms with Crippen LogP contribution in [-0.2, 0) is 16.1 Å². The molecule has 164 valence electrons. The van der Waals surface area contributed by atoms with Gasteiger partial charge < -0.3 is 24.8 Å². The van der Waals surface area contributed by atoms with Crippen LogP contribution in [0.5, 0.6) is 0 Å². The molecule has 1 aliphatic heterocycles. The fraction of sp³-hybridized carbons (Fsp3) is 0.280. The van der Waals surface area contributed by atoms with Crippen molar-refractivity contribution in [2.24, 2.45) is 0 Å². The summed E-state index contributed by atoms with van der Waals surface area (Å²) in [5.74, 6) is 0.762. The minimum Gasteiger partial charge on any atom is -0.378 e. The second kappa shape index (κ2) is 8.88. The van der Waals surface area contributed by atoms with Crippen molar-refractivity contribution in [3.8, 4) is 0 Å². The van der Waals surface area contributed by atoms with Crippen LogP contribution in [0.4, 0.5) is 17.2 Å². The number of nitrogens with one attached hydrogen (secondary N) is 2. The van der Waals surface area contributed by atoms with Gasteiger partial charge in [0, 0.05) is 53.3 Å². The Morgan fingerprint density at radius 1 is 1.03 bits per heavy atom. The molecule has 7 nitrogen and oxygen atoms in total. The van der Waals surface area contributed by atoms with E-state index < -0.39 is 0 Å². The average molecular weight is 430 g/mol. The number of hydrogen-bond donors (Lipinski definition) is 2. The zero-order valence-corrected chi connectivity index (χ0v) is 18.2. The lowest BCUT2D eigenvalue weighted by molar-refractivity contribution is -0.133. The van der Waals surface area contributed by atoms with Crippen molar-refractivity contribution < 1.29 is 9.53 Å². The summed E-state index contributed by atoms with van der Waals surface area (Å²) in [6.45, 7) is 5.80. The third-order valence-corrected chi connectivity index (χ3v) is 5.95. The van der Waals surface area contributed by atoms with Crippen LogP contribution in [0, 0.1) is 0 Å². The number of carbonyl (C=O) groups excluding carboxylic acids is 1.